The molecule has 11 rings (SSSR count). The van der Waals surface area contributed by atoms with Crippen LogP contribution in [0.3, 0.4) is 0 Å². The van der Waals surface area contributed by atoms with Crippen LogP contribution in [-0.4, -0.2) is 0 Å². The third-order valence-electron chi connectivity index (χ3n) is 13.0. The van der Waals surface area contributed by atoms with Gasteiger partial charge in [0.05, 0.1) is 0 Å². The van der Waals surface area contributed by atoms with E-state index in [0.29, 0.717) is 11.8 Å². The predicted molar refractivity (Wildman–Crippen MR) is 229 cm³/mol. The Bertz CT molecular complexity index is 2920. The fourth-order valence-electron chi connectivity index (χ4n) is 10.3. The molecule has 0 N–H and O–H groups in total. The third kappa shape index (κ3) is 4.42. The number of allylic oxidation sites excluding steroid dienone is 1. The van der Waals surface area contributed by atoms with Gasteiger partial charge in [0.1, 0.15) is 0 Å². The van der Waals surface area contributed by atoms with Crippen LogP contribution in [0, 0.1) is 0 Å². The van der Waals surface area contributed by atoms with Crippen LogP contribution >= 0.6 is 0 Å². The van der Waals surface area contributed by atoms with Crippen LogP contribution in [0.1, 0.15) is 93.5 Å². The highest BCUT2D eigenvalue weighted by atomic mass is 14.4. The van der Waals surface area contributed by atoms with Gasteiger partial charge in [-0.05, 0) is 170 Å². The van der Waals surface area contributed by atoms with Crippen LogP contribution in [0.25, 0.3) is 93.7 Å². The maximum Gasteiger partial charge on any atom is 0.0142 e. The minimum absolute atomic E-state index is 0.0404. The van der Waals surface area contributed by atoms with Crippen molar-refractivity contribution in [1.29, 1.82) is 0 Å². The van der Waals surface area contributed by atoms with Crippen LogP contribution < -0.4 is 0 Å². The first-order chi connectivity index (χ1) is 25.8. The Balaban J connectivity index is 1.25. The predicted octanol–water partition coefficient (Wildman–Crippen LogP) is 15.3. The highest BCUT2D eigenvalue weighted by molar-refractivity contribution is 6.25. The Morgan fingerprint density at radius 2 is 1.32 bits per heavy atom. The Hall–Kier alpha value is -5.46. The first kappa shape index (κ1) is 31.1. The van der Waals surface area contributed by atoms with Gasteiger partial charge in [0.25, 0.3) is 0 Å². The summed E-state index contributed by atoms with van der Waals surface area (Å²) in [7, 11) is 0. The lowest BCUT2D eigenvalue weighted by Crippen LogP contribution is -2.12. The van der Waals surface area contributed by atoms with Crippen molar-refractivity contribution in [1.82, 2.24) is 0 Å². The average molecular weight is 681 g/mol. The van der Waals surface area contributed by atoms with Gasteiger partial charge in [-0.15, -0.1) is 0 Å². The minimum Gasteiger partial charge on any atom is -0.0830 e. The van der Waals surface area contributed by atoms with Gasteiger partial charge in [-0.2, -0.15) is 0 Å². The maximum atomic E-state index is 2.59. The van der Waals surface area contributed by atoms with Gasteiger partial charge in [0.2, 0.25) is 0 Å². The Morgan fingerprint density at radius 3 is 2.11 bits per heavy atom. The van der Waals surface area contributed by atoms with Crippen molar-refractivity contribution in [3.63, 3.8) is 0 Å². The normalized spacial score (nSPS) is 15.8. The second kappa shape index (κ2) is 11.0. The van der Waals surface area contributed by atoms with Gasteiger partial charge < -0.3 is 0 Å². The Labute approximate surface area is 312 Å². The van der Waals surface area contributed by atoms with Crippen LogP contribution in [0.2, 0.25) is 0 Å². The van der Waals surface area contributed by atoms with Crippen LogP contribution in [0.15, 0.2) is 121 Å². The van der Waals surface area contributed by atoms with E-state index in [9.17, 15) is 0 Å². The van der Waals surface area contributed by atoms with Crippen molar-refractivity contribution in [2.24, 2.45) is 0 Å². The largest absolute Gasteiger partial charge is 0.0830 e. The number of hydrogen-bond donors (Lipinski definition) is 0. The molecule has 8 aromatic rings. The lowest BCUT2D eigenvalue weighted by atomic mass is 9.80. The van der Waals surface area contributed by atoms with E-state index in [-0.39, 0.29) is 5.41 Å². The molecule has 2 atom stereocenters. The molecule has 0 fully saturated rings. The molecule has 0 heteroatoms. The van der Waals surface area contributed by atoms with Crippen molar-refractivity contribution in [3.8, 4) is 44.5 Å². The molecule has 256 valence electrons. The molecule has 0 spiro atoms. The summed E-state index contributed by atoms with van der Waals surface area (Å²) in [6.07, 6.45) is 8.16. The standard InChI is InChI=1S/C53H44/c1-6-11-30(2)34-22-35(24-36(23-34)53(3,4)5)43-27-45-37(46-28-48-40-18-9-14-32-15-10-19-41(52(32)40)49(48)29-50(43)46)21-20-33-25-44-38-16-7-12-31-13-8-17-39(51(31)38)47(44)26-42(33)45/h7-10,12-17,19-30,40H,6,11,18H2,1-5H3. The topological polar surface area (TPSA) is 0 Å². The first-order valence-electron chi connectivity index (χ1n) is 19.8. The van der Waals surface area contributed by atoms with E-state index >= 15 is 0 Å². The van der Waals surface area contributed by atoms with E-state index in [1.54, 1.807) is 0 Å². The summed E-state index contributed by atoms with van der Waals surface area (Å²) in [5, 5.41) is 10.8. The maximum absolute atomic E-state index is 2.59. The smallest absolute Gasteiger partial charge is 0.0142 e. The Morgan fingerprint density at radius 1 is 0.604 bits per heavy atom. The first-order valence-corrected chi connectivity index (χ1v) is 19.8. The van der Waals surface area contributed by atoms with Crippen molar-refractivity contribution >= 4 is 49.2 Å². The fourth-order valence-corrected chi connectivity index (χ4v) is 10.3. The molecule has 8 aromatic carbocycles. The number of rotatable bonds is 4. The molecule has 0 bridgehead atoms. The molecule has 0 aromatic heterocycles. The average Bonchev–Trinajstić information content (AvgIpc) is 3.66. The summed E-state index contributed by atoms with van der Waals surface area (Å²) >= 11 is 0. The second-order valence-electron chi connectivity index (χ2n) is 17.2. The molecule has 3 aliphatic carbocycles. The highest BCUT2D eigenvalue weighted by Crippen LogP contribution is 2.54. The summed E-state index contributed by atoms with van der Waals surface area (Å²) in [5.41, 5.74) is 18.2. The van der Waals surface area contributed by atoms with E-state index in [0.717, 1.165) is 6.42 Å². The van der Waals surface area contributed by atoms with Gasteiger partial charge >= 0.3 is 0 Å². The van der Waals surface area contributed by atoms with Crippen molar-refractivity contribution < 1.29 is 0 Å². The van der Waals surface area contributed by atoms with Crippen molar-refractivity contribution in [3.05, 3.63) is 149 Å². The zero-order valence-corrected chi connectivity index (χ0v) is 31.4. The van der Waals surface area contributed by atoms with Gasteiger partial charge in [0, 0.05) is 5.92 Å². The quantitative estimate of drug-likeness (QED) is 0.162. The monoisotopic (exact) mass is 680 g/mol. The molecule has 0 amide bonds. The van der Waals surface area contributed by atoms with Gasteiger partial charge in [0.15, 0.2) is 0 Å². The lowest BCUT2D eigenvalue weighted by Gasteiger charge is -2.24. The van der Waals surface area contributed by atoms with Crippen LogP contribution in [-0.2, 0) is 5.41 Å². The summed E-state index contributed by atoms with van der Waals surface area (Å²) in [6, 6.07) is 45.5. The highest BCUT2D eigenvalue weighted by Gasteiger charge is 2.32. The van der Waals surface area contributed by atoms with Gasteiger partial charge in [-0.1, -0.05) is 138 Å². The van der Waals surface area contributed by atoms with Gasteiger partial charge in [-0.3, -0.25) is 0 Å². The zero-order chi connectivity index (χ0) is 35.7. The molecule has 3 aliphatic rings. The molecule has 2 unspecified atom stereocenters. The van der Waals surface area contributed by atoms with Crippen molar-refractivity contribution in [2.75, 3.05) is 0 Å². The van der Waals surface area contributed by atoms with Crippen LogP contribution in [0.4, 0.5) is 0 Å². The van der Waals surface area contributed by atoms with Gasteiger partial charge in [-0.25, -0.2) is 0 Å². The SMILES string of the molecule is CCCC(C)c1cc(-c2cc3c4cc5c(cc4ccc3c3cc4c(cc23)-c2cccc3c2C4CC=C3)-c2cccc3cccc-5c23)cc(C(C)(C)C)c1. The molecule has 53 heavy (non-hydrogen) atoms. The van der Waals surface area contributed by atoms with E-state index in [4.69, 9.17) is 0 Å². The van der Waals surface area contributed by atoms with E-state index in [1.807, 2.05) is 0 Å². The summed E-state index contributed by atoms with van der Waals surface area (Å²) < 4.78 is 0. The van der Waals surface area contributed by atoms with E-state index in [1.165, 1.54) is 128 Å². The van der Waals surface area contributed by atoms with Crippen LogP contribution in [0.5, 0.6) is 0 Å². The fraction of sp³-hybridized carbons (Fsp3) is 0.208. The number of benzene rings is 8. The molecular formula is C53H44. The van der Waals surface area contributed by atoms with E-state index < -0.39 is 0 Å². The molecule has 0 heterocycles. The van der Waals surface area contributed by atoms with E-state index in [2.05, 4.69) is 162 Å². The number of hydrogen-bond acceptors (Lipinski definition) is 0. The summed E-state index contributed by atoms with van der Waals surface area (Å²) in [5.74, 6) is 0.919. The molecule has 0 nitrogen and oxygen atoms in total. The Kier molecular flexibility index (Phi) is 6.47. The second-order valence-corrected chi connectivity index (χ2v) is 17.2. The molecule has 0 radical (unpaired) electrons. The summed E-state index contributed by atoms with van der Waals surface area (Å²) in [6.45, 7) is 11.8. The third-order valence-corrected chi connectivity index (χ3v) is 13.0. The molecular weight excluding hydrogens is 637 g/mol. The minimum atomic E-state index is 0.0404. The van der Waals surface area contributed by atoms with Crippen molar-refractivity contribution in [2.45, 2.75) is 71.1 Å². The molecule has 0 aliphatic heterocycles. The lowest BCUT2D eigenvalue weighted by molar-refractivity contribution is 0.586. The molecule has 0 saturated carbocycles. The molecule has 0 saturated heterocycles. The summed E-state index contributed by atoms with van der Waals surface area (Å²) in [4.78, 5) is 0. The zero-order valence-electron chi connectivity index (χ0n) is 31.4. The number of fused-ring (bicyclic) bond motifs is 11.